The van der Waals surface area contributed by atoms with Gasteiger partial charge in [-0.25, -0.2) is 5.48 Å². The second kappa shape index (κ2) is 10.4. The Morgan fingerprint density at radius 2 is 2.00 bits per heavy atom. The van der Waals surface area contributed by atoms with E-state index in [9.17, 15) is 9.59 Å². The van der Waals surface area contributed by atoms with Crippen molar-refractivity contribution >= 4 is 28.7 Å². The van der Waals surface area contributed by atoms with Gasteiger partial charge >= 0.3 is 0 Å². The molecule has 0 spiro atoms. The highest BCUT2D eigenvalue weighted by Gasteiger charge is 2.28. The number of aryl methyl sites for hydroxylation is 1. The first-order valence-electron chi connectivity index (χ1n) is 12.2. The molecule has 7 nitrogen and oxygen atoms in total. The quantitative estimate of drug-likeness (QED) is 0.117. The highest BCUT2D eigenvalue weighted by molar-refractivity contribution is 5.94. The maximum absolute atomic E-state index is 11.8. The van der Waals surface area contributed by atoms with Gasteiger partial charge in [0.15, 0.2) is 5.78 Å². The van der Waals surface area contributed by atoms with Crippen LogP contribution in [0.5, 0.6) is 0 Å². The van der Waals surface area contributed by atoms with Crippen molar-refractivity contribution in [3.63, 3.8) is 0 Å². The molecular formula is C29H30N4O3. The Balaban J connectivity index is 1.40. The fraction of sp³-hybridized carbons (Fsp3) is 0.241. The molecule has 0 bridgehead atoms. The van der Waals surface area contributed by atoms with E-state index in [-0.39, 0.29) is 11.8 Å². The summed E-state index contributed by atoms with van der Waals surface area (Å²) in [6.07, 6.45) is 9.80. The SMILES string of the molecule is CC(=O)c1c[nH]c(CN(CCc2c[nH]c3ccccc23)C2CCc3cc(C=CC(=O)NO)ccc32)c1. The maximum atomic E-state index is 11.8. The number of carbonyl (C=O) groups is 2. The number of para-hydroxylation sites is 1. The van der Waals surface area contributed by atoms with E-state index in [0.717, 1.165) is 49.1 Å². The van der Waals surface area contributed by atoms with E-state index >= 15 is 0 Å². The van der Waals surface area contributed by atoms with Crippen LogP contribution < -0.4 is 5.48 Å². The molecule has 4 aromatic rings. The van der Waals surface area contributed by atoms with Crippen LogP contribution in [0.15, 0.2) is 67.0 Å². The number of rotatable bonds is 9. The number of nitrogens with zero attached hydrogens (tertiary/aromatic N) is 1. The van der Waals surface area contributed by atoms with E-state index in [1.807, 2.05) is 18.2 Å². The van der Waals surface area contributed by atoms with Crippen LogP contribution in [0.4, 0.5) is 0 Å². The van der Waals surface area contributed by atoms with Crippen molar-refractivity contribution in [3.8, 4) is 0 Å². The van der Waals surface area contributed by atoms with E-state index in [1.54, 1.807) is 24.7 Å². The summed E-state index contributed by atoms with van der Waals surface area (Å²) in [5, 5.41) is 9.97. The minimum absolute atomic E-state index is 0.0597. The Morgan fingerprint density at radius 3 is 2.81 bits per heavy atom. The number of carbonyl (C=O) groups excluding carboxylic acids is 2. The first-order chi connectivity index (χ1) is 17.5. The molecule has 0 radical (unpaired) electrons. The van der Waals surface area contributed by atoms with E-state index in [1.165, 1.54) is 28.2 Å². The lowest BCUT2D eigenvalue weighted by Gasteiger charge is -2.29. The van der Waals surface area contributed by atoms with Crippen LogP contribution in [0.25, 0.3) is 17.0 Å². The predicted molar refractivity (Wildman–Crippen MR) is 140 cm³/mol. The van der Waals surface area contributed by atoms with Gasteiger partial charge in [-0.1, -0.05) is 36.4 Å². The first-order valence-corrected chi connectivity index (χ1v) is 12.2. The molecule has 2 aromatic carbocycles. The lowest BCUT2D eigenvalue weighted by molar-refractivity contribution is -0.124. The number of ketones is 1. The third kappa shape index (κ3) is 5.03. The summed E-state index contributed by atoms with van der Waals surface area (Å²) in [6, 6.07) is 16.9. The van der Waals surface area contributed by atoms with Gasteiger partial charge in [-0.15, -0.1) is 0 Å². The van der Waals surface area contributed by atoms with Crippen molar-refractivity contribution in [2.24, 2.45) is 0 Å². The second-order valence-corrected chi connectivity index (χ2v) is 9.37. The van der Waals surface area contributed by atoms with Gasteiger partial charge in [0, 0.05) is 59.8 Å². The van der Waals surface area contributed by atoms with Gasteiger partial charge in [0.1, 0.15) is 0 Å². The predicted octanol–water partition coefficient (Wildman–Crippen LogP) is 4.95. The highest BCUT2D eigenvalue weighted by atomic mass is 16.5. The van der Waals surface area contributed by atoms with E-state index in [0.29, 0.717) is 5.56 Å². The molecule has 1 amide bonds. The summed E-state index contributed by atoms with van der Waals surface area (Å²) >= 11 is 0. The monoisotopic (exact) mass is 482 g/mol. The topological polar surface area (TPSA) is 101 Å². The zero-order valence-electron chi connectivity index (χ0n) is 20.3. The summed E-state index contributed by atoms with van der Waals surface area (Å²) in [4.78, 5) is 32.4. The fourth-order valence-electron chi connectivity index (χ4n) is 5.21. The summed E-state index contributed by atoms with van der Waals surface area (Å²) in [5.41, 5.74) is 9.31. The van der Waals surface area contributed by atoms with Crippen LogP contribution >= 0.6 is 0 Å². The molecule has 2 aromatic heterocycles. The van der Waals surface area contributed by atoms with E-state index in [4.69, 9.17) is 5.21 Å². The molecule has 1 unspecified atom stereocenters. The molecule has 0 saturated heterocycles. The molecule has 0 fully saturated rings. The van der Waals surface area contributed by atoms with Gasteiger partial charge in [-0.05, 0) is 66.6 Å². The van der Waals surface area contributed by atoms with Crippen molar-refractivity contribution in [2.45, 2.75) is 38.8 Å². The van der Waals surface area contributed by atoms with E-state index in [2.05, 4.69) is 51.4 Å². The van der Waals surface area contributed by atoms with Gasteiger partial charge in [0.05, 0.1) is 0 Å². The summed E-state index contributed by atoms with van der Waals surface area (Å²) < 4.78 is 0. The van der Waals surface area contributed by atoms with Crippen LogP contribution in [0.2, 0.25) is 0 Å². The average Bonchev–Trinajstić information content (AvgIpc) is 3.63. The normalized spacial score (nSPS) is 15.1. The van der Waals surface area contributed by atoms with Crippen molar-refractivity contribution in [1.82, 2.24) is 20.3 Å². The van der Waals surface area contributed by atoms with Crippen LogP contribution in [0.3, 0.4) is 0 Å². The Kier molecular flexibility index (Phi) is 6.84. The van der Waals surface area contributed by atoms with Gasteiger partial charge in [-0.3, -0.25) is 19.7 Å². The minimum Gasteiger partial charge on any atom is -0.363 e. The average molecular weight is 483 g/mol. The molecule has 7 heteroatoms. The standard InChI is InChI=1S/C29H30N4O3/c1-19(34)23-15-24(30-17-23)18-33(13-12-22-16-31-27-5-3-2-4-25(22)27)28-10-8-21-14-20(6-9-26(21)28)7-11-29(35)32-36/h2-7,9,11,14-17,28,30-31,36H,8,10,12-13,18H2,1H3,(H,32,35). The molecular weight excluding hydrogens is 452 g/mol. The minimum atomic E-state index is -0.548. The van der Waals surface area contributed by atoms with Gasteiger partial charge < -0.3 is 9.97 Å². The number of Topliss-reactive ketones (excluding diaryl/α,β-unsaturated/α-hetero) is 1. The fourth-order valence-corrected chi connectivity index (χ4v) is 5.21. The summed E-state index contributed by atoms with van der Waals surface area (Å²) in [5.74, 6) is -0.489. The first kappa shape index (κ1) is 23.8. The molecule has 1 aliphatic rings. The lowest BCUT2D eigenvalue weighted by atomic mass is 10.0. The Bertz CT molecular complexity index is 1430. The Hall–Kier alpha value is -3.94. The molecule has 36 heavy (non-hydrogen) atoms. The zero-order valence-corrected chi connectivity index (χ0v) is 20.3. The Labute approximate surface area is 209 Å². The number of H-pyrrole nitrogens is 2. The van der Waals surface area contributed by atoms with Crippen molar-refractivity contribution in [2.75, 3.05) is 6.54 Å². The molecule has 1 aliphatic carbocycles. The van der Waals surface area contributed by atoms with E-state index < -0.39 is 5.91 Å². The van der Waals surface area contributed by atoms with Crippen molar-refractivity contribution in [3.05, 3.63) is 101 Å². The number of hydrogen-bond donors (Lipinski definition) is 4. The lowest BCUT2D eigenvalue weighted by Crippen LogP contribution is -2.29. The number of aromatic nitrogens is 2. The van der Waals surface area contributed by atoms with Crippen molar-refractivity contribution < 1.29 is 14.8 Å². The maximum Gasteiger partial charge on any atom is 0.267 e. The number of benzene rings is 2. The number of fused-ring (bicyclic) bond motifs is 2. The second-order valence-electron chi connectivity index (χ2n) is 9.37. The summed E-state index contributed by atoms with van der Waals surface area (Å²) in [6.45, 7) is 3.18. The van der Waals surface area contributed by atoms with Crippen molar-refractivity contribution in [1.29, 1.82) is 0 Å². The largest absolute Gasteiger partial charge is 0.363 e. The molecule has 5 rings (SSSR count). The number of amides is 1. The Morgan fingerprint density at radius 1 is 1.14 bits per heavy atom. The molecule has 0 saturated carbocycles. The molecule has 0 aliphatic heterocycles. The van der Waals surface area contributed by atoms with Crippen LogP contribution in [0.1, 0.15) is 57.7 Å². The zero-order chi connectivity index (χ0) is 25.1. The van der Waals surface area contributed by atoms with Crippen LogP contribution in [-0.2, 0) is 24.2 Å². The molecule has 2 heterocycles. The number of nitrogens with one attached hydrogen (secondary N) is 3. The van der Waals surface area contributed by atoms with Crippen LogP contribution in [-0.4, -0.2) is 38.3 Å². The number of hydrogen-bond acceptors (Lipinski definition) is 4. The molecule has 4 N–H and O–H groups in total. The number of aromatic amines is 2. The van der Waals surface area contributed by atoms with Crippen LogP contribution in [0, 0.1) is 0 Å². The molecule has 1 atom stereocenters. The number of hydroxylamine groups is 1. The smallest absolute Gasteiger partial charge is 0.267 e. The van der Waals surface area contributed by atoms with Gasteiger partial charge in [0.2, 0.25) is 0 Å². The summed E-state index contributed by atoms with van der Waals surface area (Å²) in [7, 11) is 0. The van der Waals surface area contributed by atoms with Gasteiger partial charge in [0.25, 0.3) is 5.91 Å². The third-order valence-corrected chi connectivity index (χ3v) is 7.06. The third-order valence-electron chi connectivity index (χ3n) is 7.06. The highest BCUT2D eigenvalue weighted by Crippen LogP contribution is 2.37. The van der Waals surface area contributed by atoms with Gasteiger partial charge in [-0.2, -0.15) is 0 Å². The molecule has 184 valence electrons.